The van der Waals surface area contributed by atoms with E-state index < -0.39 is 0 Å². The maximum atomic E-state index is 5.92. The van der Waals surface area contributed by atoms with Gasteiger partial charge in [0.1, 0.15) is 0 Å². The van der Waals surface area contributed by atoms with Crippen molar-refractivity contribution in [3.05, 3.63) is 0 Å². The molecule has 1 aliphatic heterocycles. The van der Waals surface area contributed by atoms with Crippen molar-refractivity contribution in [3.8, 4) is 0 Å². The standard InChI is InChI=1S/C13H27NO2/c1-5-8-14-9-11-6-7-12(16-11)10-15-13(2,3)4/h11-12,14H,5-10H2,1-4H3. The lowest BCUT2D eigenvalue weighted by atomic mass is 10.1. The van der Waals surface area contributed by atoms with Gasteiger partial charge in [0.25, 0.3) is 0 Å². The van der Waals surface area contributed by atoms with Crippen LogP contribution in [0.4, 0.5) is 0 Å². The maximum Gasteiger partial charge on any atom is 0.0814 e. The first kappa shape index (κ1) is 13.9. The van der Waals surface area contributed by atoms with E-state index in [0.29, 0.717) is 12.2 Å². The van der Waals surface area contributed by atoms with Crippen LogP contribution in [-0.4, -0.2) is 37.5 Å². The zero-order chi connectivity index (χ0) is 12.0. The van der Waals surface area contributed by atoms with Gasteiger partial charge in [-0.1, -0.05) is 6.92 Å². The van der Waals surface area contributed by atoms with Crippen LogP contribution in [0.2, 0.25) is 0 Å². The Morgan fingerprint density at radius 1 is 1.25 bits per heavy atom. The van der Waals surface area contributed by atoms with Crippen molar-refractivity contribution < 1.29 is 9.47 Å². The third-order valence-electron chi connectivity index (χ3n) is 2.70. The Kier molecular flexibility index (Phi) is 5.73. The molecular weight excluding hydrogens is 202 g/mol. The quantitative estimate of drug-likeness (QED) is 0.709. The van der Waals surface area contributed by atoms with Crippen LogP contribution in [0.5, 0.6) is 0 Å². The summed E-state index contributed by atoms with van der Waals surface area (Å²) in [5.41, 5.74) is -0.0537. The SMILES string of the molecule is CCCNCC1CCC(COC(C)(C)C)O1. The molecular formula is C13H27NO2. The Hall–Kier alpha value is -0.120. The van der Waals surface area contributed by atoms with Crippen molar-refractivity contribution in [1.82, 2.24) is 5.32 Å². The normalized spacial score (nSPS) is 26.2. The average molecular weight is 229 g/mol. The highest BCUT2D eigenvalue weighted by molar-refractivity contribution is 4.76. The van der Waals surface area contributed by atoms with Gasteiger partial charge in [-0.2, -0.15) is 0 Å². The minimum absolute atomic E-state index is 0.0537. The number of rotatable bonds is 6. The minimum atomic E-state index is -0.0537. The van der Waals surface area contributed by atoms with E-state index in [2.05, 4.69) is 33.0 Å². The third kappa shape index (κ3) is 5.83. The van der Waals surface area contributed by atoms with E-state index >= 15 is 0 Å². The van der Waals surface area contributed by atoms with Gasteiger partial charge in [-0.05, 0) is 46.6 Å². The summed E-state index contributed by atoms with van der Waals surface area (Å²) in [7, 11) is 0. The molecule has 1 N–H and O–H groups in total. The van der Waals surface area contributed by atoms with Gasteiger partial charge in [0.15, 0.2) is 0 Å². The van der Waals surface area contributed by atoms with E-state index in [0.717, 1.165) is 32.5 Å². The van der Waals surface area contributed by atoms with Crippen molar-refractivity contribution in [2.45, 2.75) is 64.8 Å². The molecule has 2 unspecified atom stereocenters. The molecule has 0 aromatic rings. The van der Waals surface area contributed by atoms with E-state index in [4.69, 9.17) is 9.47 Å². The lowest BCUT2D eigenvalue weighted by Crippen LogP contribution is -2.30. The zero-order valence-corrected chi connectivity index (χ0v) is 11.2. The van der Waals surface area contributed by atoms with Gasteiger partial charge < -0.3 is 14.8 Å². The van der Waals surface area contributed by atoms with Crippen molar-refractivity contribution in [3.63, 3.8) is 0 Å². The Bertz CT molecular complexity index is 189. The second-order valence-electron chi connectivity index (χ2n) is 5.58. The van der Waals surface area contributed by atoms with Crippen LogP contribution in [0.15, 0.2) is 0 Å². The lowest BCUT2D eigenvalue weighted by molar-refractivity contribution is -0.0687. The molecule has 1 heterocycles. The summed E-state index contributed by atoms with van der Waals surface area (Å²) in [4.78, 5) is 0. The van der Waals surface area contributed by atoms with Crippen molar-refractivity contribution in [2.75, 3.05) is 19.7 Å². The number of hydrogen-bond donors (Lipinski definition) is 1. The summed E-state index contributed by atoms with van der Waals surface area (Å²) in [5, 5.41) is 3.40. The monoisotopic (exact) mass is 229 g/mol. The first-order valence-corrected chi connectivity index (χ1v) is 6.51. The fourth-order valence-corrected chi connectivity index (χ4v) is 1.84. The number of ether oxygens (including phenoxy) is 2. The fourth-order valence-electron chi connectivity index (χ4n) is 1.84. The van der Waals surface area contributed by atoms with E-state index in [1.165, 1.54) is 6.42 Å². The second-order valence-corrected chi connectivity index (χ2v) is 5.58. The van der Waals surface area contributed by atoms with Gasteiger partial charge in [0, 0.05) is 6.54 Å². The van der Waals surface area contributed by atoms with Gasteiger partial charge in [0.2, 0.25) is 0 Å². The summed E-state index contributed by atoms with van der Waals surface area (Å²) in [6.45, 7) is 11.2. The van der Waals surface area contributed by atoms with Crippen LogP contribution in [0.3, 0.4) is 0 Å². The Balaban J connectivity index is 2.10. The minimum Gasteiger partial charge on any atom is -0.373 e. The molecule has 96 valence electrons. The Morgan fingerprint density at radius 2 is 1.94 bits per heavy atom. The molecule has 0 aromatic heterocycles. The van der Waals surface area contributed by atoms with Crippen molar-refractivity contribution >= 4 is 0 Å². The molecule has 0 radical (unpaired) electrons. The largest absolute Gasteiger partial charge is 0.373 e. The lowest BCUT2D eigenvalue weighted by Gasteiger charge is -2.22. The van der Waals surface area contributed by atoms with Crippen LogP contribution in [0.25, 0.3) is 0 Å². The summed E-state index contributed by atoms with van der Waals surface area (Å²) in [5.74, 6) is 0. The highest BCUT2D eigenvalue weighted by atomic mass is 16.6. The summed E-state index contributed by atoms with van der Waals surface area (Å²) >= 11 is 0. The number of nitrogens with one attached hydrogen (secondary N) is 1. The Morgan fingerprint density at radius 3 is 2.56 bits per heavy atom. The summed E-state index contributed by atoms with van der Waals surface area (Å²) < 4.78 is 11.7. The molecule has 1 aliphatic rings. The molecule has 0 aromatic carbocycles. The third-order valence-corrected chi connectivity index (χ3v) is 2.70. The summed E-state index contributed by atoms with van der Waals surface area (Å²) in [6, 6.07) is 0. The Labute approximate surface area is 99.9 Å². The smallest absolute Gasteiger partial charge is 0.0814 e. The van der Waals surface area contributed by atoms with E-state index in [1.807, 2.05) is 0 Å². The maximum absolute atomic E-state index is 5.92. The zero-order valence-electron chi connectivity index (χ0n) is 11.2. The van der Waals surface area contributed by atoms with Crippen LogP contribution in [0, 0.1) is 0 Å². The van der Waals surface area contributed by atoms with Crippen LogP contribution in [0.1, 0.15) is 47.0 Å². The van der Waals surface area contributed by atoms with Crippen LogP contribution < -0.4 is 5.32 Å². The highest BCUT2D eigenvalue weighted by Crippen LogP contribution is 2.21. The molecule has 3 nitrogen and oxygen atoms in total. The predicted molar refractivity (Wildman–Crippen MR) is 66.8 cm³/mol. The van der Waals surface area contributed by atoms with Crippen molar-refractivity contribution in [1.29, 1.82) is 0 Å². The molecule has 0 bridgehead atoms. The number of hydrogen-bond acceptors (Lipinski definition) is 3. The highest BCUT2D eigenvalue weighted by Gasteiger charge is 2.26. The average Bonchev–Trinajstić information content (AvgIpc) is 2.62. The van der Waals surface area contributed by atoms with Crippen molar-refractivity contribution in [2.24, 2.45) is 0 Å². The fraction of sp³-hybridized carbons (Fsp3) is 1.00. The summed E-state index contributed by atoms with van der Waals surface area (Å²) in [6.07, 6.45) is 4.17. The molecule has 1 rings (SSSR count). The molecule has 2 atom stereocenters. The molecule has 0 saturated carbocycles. The topological polar surface area (TPSA) is 30.5 Å². The van der Waals surface area contributed by atoms with Crippen LogP contribution in [-0.2, 0) is 9.47 Å². The molecule has 0 spiro atoms. The van der Waals surface area contributed by atoms with E-state index in [1.54, 1.807) is 0 Å². The van der Waals surface area contributed by atoms with E-state index in [9.17, 15) is 0 Å². The van der Waals surface area contributed by atoms with Crippen LogP contribution >= 0.6 is 0 Å². The first-order chi connectivity index (χ1) is 7.51. The molecule has 0 amide bonds. The molecule has 3 heteroatoms. The predicted octanol–water partition coefficient (Wildman–Crippen LogP) is 2.35. The van der Waals surface area contributed by atoms with Gasteiger partial charge in [0.05, 0.1) is 24.4 Å². The molecule has 0 aliphatic carbocycles. The van der Waals surface area contributed by atoms with Gasteiger partial charge >= 0.3 is 0 Å². The van der Waals surface area contributed by atoms with E-state index in [-0.39, 0.29) is 5.60 Å². The second kappa shape index (κ2) is 6.58. The first-order valence-electron chi connectivity index (χ1n) is 6.51. The molecule has 1 saturated heterocycles. The van der Waals surface area contributed by atoms with Gasteiger partial charge in [-0.25, -0.2) is 0 Å². The van der Waals surface area contributed by atoms with Gasteiger partial charge in [-0.15, -0.1) is 0 Å². The molecule has 16 heavy (non-hydrogen) atoms. The van der Waals surface area contributed by atoms with Gasteiger partial charge in [-0.3, -0.25) is 0 Å². The molecule has 1 fully saturated rings.